The molecular formula is C23H14ClN. The van der Waals surface area contributed by atoms with Crippen LogP contribution in [-0.2, 0) is 0 Å². The summed E-state index contributed by atoms with van der Waals surface area (Å²) in [4.78, 5) is 4.83. The molecule has 0 radical (unpaired) electrons. The molecule has 4 aromatic rings. The van der Waals surface area contributed by atoms with E-state index in [4.69, 9.17) is 16.6 Å². The Morgan fingerprint density at radius 2 is 1.32 bits per heavy atom. The van der Waals surface area contributed by atoms with Gasteiger partial charge in [0.25, 0.3) is 0 Å². The lowest BCUT2D eigenvalue weighted by Crippen LogP contribution is -1.93. The molecule has 25 heavy (non-hydrogen) atoms. The number of hydrogen-bond acceptors (Lipinski definition) is 1. The summed E-state index contributed by atoms with van der Waals surface area (Å²) in [5.41, 5.74) is 4.40. The van der Waals surface area contributed by atoms with Gasteiger partial charge in [-0.15, -0.1) is 0 Å². The van der Waals surface area contributed by atoms with E-state index < -0.39 is 0 Å². The van der Waals surface area contributed by atoms with Crippen LogP contribution in [0.4, 0.5) is 0 Å². The number of nitrogens with zero attached hydrogens (tertiary/aromatic N) is 1. The molecule has 0 amide bonds. The molecule has 0 aliphatic heterocycles. The van der Waals surface area contributed by atoms with Crippen LogP contribution in [0.15, 0.2) is 84.9 Å². The van der Waals surface area contributed by atoms with E-state index in [0.29, 0.717) is 5.02 Å². The van der Waals surface area contributed by atoms with Crippen molar-refractivity contribution in [3.8, 4) is 23.1 Å². The van der Waals surface area contributed by atoms with E-state index in [1.165, 1.54) is 0 Å². The lowest BCUT2D eigenvalue weighted by Gasteiger charge is -2.09. The Morgan fingerprint density at radius 1 is 0.680 bits per heavy atom. The van der Waals surface area contributed by atoms with E-state index in [1.54, 1.807) is 0 Å². The molecule has 0 fully saturated rings. The lowest BCUT2D eigenvalue weighted by atomic mass is 10.0. The fourth-order valence-electron chi connectivity index (χ4n) is 2.75. The summed E-state index contributed by atoms with van der Waals surface area (Å²) in [6.45, 7) is 0. The summed E-state index contributed by atoms with van der Waals surface area (Å²) in [5, 5.41) is 1.56. The second-order valence-corrected chi connectivity index (χ2v) is 6.03. The molecule has 0 saturated heterocycles. The predicted octanol–water partition coefficient (Wildman–Crippen LogP) is 5.96. The maximum atomic E-state index is 6.72. The molecule has 2 heteroatoms. The zero-order valence-corrected chi connectivity index (χ0v) is 14.2. The lowest BCUT2D eigenvalue weighted by molar-refractivity contribution is 1.38. The molecule has 4 rings (SSSR count). The summed E-state index contributed by atoms with van der Waals surface area (Å²) in [5.74, 6) is 6.45. The first-order chi connectivity index (χ1) is 12.3. The number of benzene rings is 3. The van der Waals surface area contributed by atoms with Crippen molar-refractivity contribution in [1.82, 2.24) is 4.98 Å². The van der Waals surface area contributed by atoms with Crippen molar-refractivity contribution in [2.75, 3.05) is 0 Å². The highest BCUT2D eigenvalue weighted by molar-refractivity contribution is 6.37. The molecule has 118 valence electrons. The normalized spacial score (nSPS) is 10.3. The van der Waals surface area contributed by atoms with E-state index in [-0.39, 0.29) is 0 Å². The second kappa shape index (κ2) is 6.81. The van der Waals surface area contributed by atoms with Crippen LogP contribution in [0.5, 0.6) is 0 Å². The van der Waals surface area contributed by atoms with Crippen molar-refractivity contribution in [3.63, 3.8) is 0 Å². The number of rotatable bonds is 1. The molecule has 0 spiro atoms. The number of halogens is 1. The van der Waals surface area contributed by atoms with Crippen molar-refractivity contribution in [3.05, 3.63) is 101 Å². The van der Waals surface area contributed by atoms with Gasteiger partial charge < -0.3 is 0 Å². The van der Waals surface area contributed by atoms with Crippen LogP contribution in [0.2, 0.25) is 5.02 Å². The average molecular weight is 340 g/mol. The molecule has 0 aliphatic rings. The van der Waals surface area contributed by atoms with E-state index in [2.05, 4.69) is 11.8 Å². The quantitative estimate of drug-likeness (QED) is 0.390. The molecule has 1 aromatic heterocycles. The fraction of sp³-hybridized carbons (Fsp3) is 0. The second-order valence-electron chi connectivity index (χ2n) is 5.65. The third kappa shape index (κ3) is 3.13. The topological polar surface area (TPSA) is 12.9 Å². The summed E-state index contributed by atoms with van der Waals surface area (Å²) in [6, 6.07) is 27.8. The smallest absolute Gasteiger partial charge is 0.0881 e. The molecule has 3 aromatic carbocycles. The Hall–Kier alpha value is -3.08. The van der Waals surface area contributed by atoms with Crippen molar-refractivity contribution in [1.29, 1.82) is 0 Å². The van der Waals surface area contributed by atoms with Crippen LogP contribution in [0.3, 0.4) is 0 Å². The maximum Gasteiger partial charge on any atom is 0.0881 e. The van der Waals surface area contributed by atoms with E-state index in [0.717, 1.165) is 33.3 Å². The molecule has 0 saturated carbocycles. The third-order valence-corrected chi connectivity index (χ3v) is 4.37. The van der Waals surface area contributed by atoms with Gasteiger partial charge in [-0.3, -0.25) is 0 Å². The van der Waals surface area contributed by atoms with Gasteiger partial charge in [-0.1, -0.05) is 90.2 Å². The Balaban J connectivity index is 1.98. The zero-order valence-electron chi connectivity index (χ0n) is 13.4. The highest BCUT2D eigenvalue weighted by Crippen LogP contribution is 2.32. The van der Waals surface area contributed by atoms with Crippen molar-refractivity contribution < 1.29 is 0 Å². The third-order valence-electron chi connectivity index (χ3n) is 3.98. The molecule has 1 nitrogen and oxygen atoms in total. The summed E-state index contributed by atoms with van der Waals surface area (Å²) in [6.07, 6.45) is 0. The van der Waals surface area contributed by atoms with Crippen LogP contribution >= 0.6 is 11.6 Å². The van der Waals surface area contributed by atoms with Crippen LogP contribution in [-0.4, -0.2) is 4.98 Å². The van der Waals surface area contributed by atoms with Crippen molar-refractivity contribution in [2.24, 2.45) is 0 Å². The number of para-hydroxylation sites is 1. The number of aromatic nitrogens is 1. The standard InChI is InChI=1S/C23H14ClN/c24-22-19-13-7-8-14-21(19)25-23(18-11-5-2-6-12-18)20(22)16-15-17-9-3-1-4-10-17/h1-14H. The number of fused-ring (bicyclic) bond motifs is 1. The van der Waals surface area contributed by atoms with Gasteiger partial charge in [0.2, 0.25) is 0 Å². The molecule has 1 heterocycles. The van der Waals surface area contributed by atoms with E-state index >= 15 is 0 Å². The van der Waals surface area contributed by atoms with Gasteiger partial charge in [0, 0.05) is 16.5 Å². The Bertz CT molecular complexity index is 1090. The Morgan fingerprint density at radius 3 is 2.08 bits per heavy atom. The Kier molecular flexibility index (Phi) is 4.21. The number of hydrogen-bond donors (Lipinski definition) is 0. The molecule has 0 atom stereocenters. The SMILES string of the molecule is Clc1c(C#Cc2ccccc2)c(-c2ccccc2)nc2ccccc12. The van der Waals surface area contributed by atoms with Gasteiger partial charge in [-0.25, -0.2) is 4.98 Å². The maximum absolute atomic E-state index is 6.72. The highest BCUT2D eigenvalue weighted by atomic mass is 35.5. The van der Waals surface area contributed by atoms with E-state index in [9.17, 15) is 0 Å². The van der Waals surface area contributed by atoms with Gasteiger partial charge in [0.15, 0.2) is 0 Å². The van der Waals surface area contributed by atoms with Gasteiger partial charge in [0.05, 0.1) is 21.8 Å². The molecule has 0 bridgehead atoms. The molecule has 0 aliphatic carbocycles. The van der Waals surface area contributed by atoms with Crippen LogP contribution in [0, 0.1) is 11.8 Å². The van der Waals surface area contributed by atoms with Crippen molar-refractivity contribution in [2.45, 2.75) is 0 Å². The predicted molar refractivity (Wildman–Crippen MR) is 105 cm³/mol. The van der Waals surface area contributed by atoms with Gasteiger partial charge in [0.1, 0.15) is 0 Å². The van der Waals surface area contributed by atoms with Gasteiger partial charge in [-0.05, 0) is 18.2 Å². The van der Waals surface area contributed by atoms with Crippen LogP contribution in [0.25, 0.3) is 22.2 Å². The van der Waals surface area contributed by atoms with Gasteiger partial charge >= 0.3 is 0 Å². The summed E-state index contributed by atoms with van der Waals surface area (Å²) in [7, 11) is 0. The van der Waals surface area contributed by atoms with Crippen molar-refractivity contribution >= 4 is 22.5 Å². The summed E-state index contributed by atoms with van der Waals surface area (Å²) < 4.78 is 0. The summed E-state index contributed by atoms with van der Waals surface area (Å²) >= 11 is 6.72. The zero-order chi connectivity index (χ0) is 17.1. The minimum Gasteiger partial charge on any atom is -0.246 e. The first-order valence-electron chi connectivity index (χ1n) is 8.03. The van der Waals surface area contributed by atoms with Crippen LogP contribution < -0.4 is 0 Å². The largest absolute Gasteiger partial charge is 0.246 e. The fourth-order valence-corrected chi connectivity index (χ4v) is 3.04. The number of pyridine rings is 1. The molecule has 0 N–H and O–H groups in total. The first kappa shape index (κ1) is 15.4. The highest BCUT2D eigenvalue weighted by Gasteiger charge is 2.13. The van der Waals surface area contributed by atoms with Crippen LogP contribution in [0.1, 0.15) is 11.1 Å². The van der Waals surface area contributed by atoms with E-state index in [1.807, 2.05) is 84.9 Å². The monoisotopic (exact) mass is 339 g/mol. The molecular weight excluding hydrogens is 326 g/mol. The first-order valence-corrected chi connectivity index (χ1v) is 8.41. The Labute approximate surface area is 151 Å². The average Bonchev–Trinajstić information content (AvgIpc) is 2.69. The molecule has 0 unspecified atom stereocenters. The minimum absolute atomic E-state index is 0.646. The van der Waals surface area contributed by atoms with Gasteiger partial charge in [-0.2, -0.15) is 0 Å². The minimum atomic E-state index is 0.646.